The van der Waals surface area contributed by atoms with Crippen LogP contribution in [0.2, 0.25) is 0 Å². The average molecular weight is 324 g/mol. The molecule has 0 aliphatic carbocycles. The van der Waals surface area contributed by atoms with Crippen LogP contribution in [0.1, 0.15) is 0 Å². The normalized spacial score (nSPS) is 9.71. The van der Waals surface area contributed by atoms with Crippen molar-refractivity contribution in [2.45, 2.75) is 0 Å². The Labute approximate surface area is 140 Å². The molecule has 0 atom stereocenters. The highest BCUT2D eigenvalue weighted by Gasteiger charge is 2.06. The number of ether oxygens (including phenoxy) is 1. The Morgan fingerprint density at radius 1 is 0.792 bits per heavy atom. The van der Waals surface area contributed by atoms with E-state index in [1.807, 2.05) is 24.3 Å². The van der Waals surface area contributed by atoms with Crippen molar-refractivity contribution in [1.82, 2.24) is 9.97 Å². The molecule has 0 amide bonds. The van der Waals surface area contributed by atoms with E-state index in [9.17, 15) is 0 Å². The number of hydrogen-bond acceptors (Lipinski definition) is 7. The molecule has 24 heavy (non-hydrogen) atoms. The van der Waals surface area contributed by atoms with Crippen LogP contribution < -0.4 is 27.7 Å². The summed E-state index contributed by atoms with van der Waals surface area (Å²) >= 11 is 0. The van der Waals surface area contributed by atoms with E-state index in [1.165, 1.54) is 6.20 Å². The summed E-state index contributed by atoms with van der Waals surface area (Å²) in [6.07, 6.45) is 4.77. The third kappa shape index (κ3) is 4.04. The van der Waals surface area contributed by atoms with Gasteiger partial charge in [-0.1, -0.05) is 0 Å². The lowest BCUT2D eigenvalue weighted by molar-refractivity contribution is 0.415. The van der Waals surface area contributed by atoms with Crippen molar-refractivity contribution in [1.29, 1.82) is 0 Å². The minimum Gasteiger partial charge on any atom is -0.497 e. The summed E-state index contributed by atoms with van der Waals surface area (Å²) in [4.78, 5) is 7.96. The van der Waals surface area contributed by atoms with Crippen molar-refractivity contribution in [3.05, 3.63) is 55.0 Å². The predicted octanol–water partition coefficient (Wildman–Crippen LogP) is 2.17. The van der Waals surface area contributed by atoms with Crippen LogP contribution >= 0.6 is 0 Å². The van der Waals surface area contributed by atoms with E-state index in [2.05, 4.69) is 9.97 Å². The fraction of sp³-hybridized carbons (Fsp3) is 0.0588. The lowest BCUT2D eigenvalue weighted by Gasteiger charge is -2.07. The van der Waals surface area contributed by atoms with E-state index < -0.39 is 0 Å². The Morgan fingerprint density at radius 3 is 2.00 bits per heavy atom. The van der Waals surface area contributed by atoms with Gasteiger partial charge in [0.2, 0.25) is 0 Å². The molecule has 8 N–H and O–H groups in total. The van der Waals surface area contributed by atoms with Crippen LogP contribution in [0, 0.1) is 0 Å². The zero-order valence-corrected chi connectivity index (χ0v) is 13.3. The molecule has 3 rings (SSSR count). The van der Waals surface area contributed by atoms with E-state index in [-0.39, 0.29) is 0 Å². The van der Waals surface area contributed by atoms with Gasteiger partial charge < -0.3 is 27.7 Å². The SMILES string of the molecule is COc1ccc(-c2nccc(N)c2N)cc1.Nc1ccncc1N. The molecule has 0 saturated carbocycles. The molecule has 124 valence electrons. The molecule has 7 nitrogen and oxygen atoms in total. The fourth-order valence-electron chi connectivity index (χ4n) is 1.88. The van der Waals surface area contributed by atoms with Gasteiger partial charge in [-0.15, -0.1) is 0 Å². The Balaban J connectivity index is 0.000000219. The van der Waals surface area contributed by atoms with Crippen LogP contribution in [0.4, 0.5) is 22.7 Å². The van der Waals surface area contributed by atoms with E-state index in [4.69, 9.17) is 27.7 Å². The highest BCUT2D eigenvalue weighted by Crippen LogP contribution is 2.28. The van der Waals surface area contributed by atoms with Crippen LogP contribution in [0.3, 0.4) is 0 Å². The lowest BCUT2D eigenvalue weighted by atomic mass is 10.1. The highest BCUT2D eigenvalue weighted by atomic mass is 16.5. The molecule has 2 heterocycles. The van der Waals surface area contributed by atoms with Crippen molar-refractivity contribution in [3.63, 3.8) is 0 Å². The molecule has 1 aromatic carbocycles. The summed E-state index contributed by atoms with van der Waals surface area (Å²) in [5.74, 6) is 0.797. The predicted molar refractivity (Wildman–Crippen MR) is 98.1 cm³/mol. The Kier molecular flexibility index (Phi) is 5.40. The number of methoxy groups -OCH3 is 1. The molecule has 3 aromatic rings. The van der Waals surface area contributed by atoms with E-state index in [0.717, 1.165) is 11.3 Å². The second-order valence-electron chi connectivity index (χ2n) is 4.90. The summed E-state index contributed by atoms with van der Waals surface area (Å²) in [6, 6.07) is 10.9. The number of aromatic nitrogens is 2. The van der Waals surface area contributed by atoms with Gasteiger partial charge in [-0.3, -0.25) is 9.97 Å². The lowest BCUT2D eigenvalue weighted by Crippen LogP contribution is -1.98. The summed E-state index contributed by atoms with van der Waals surface area (Å²) in [5, 5.41) is 0. The van der Waals surface area contributed by atoms with Crippen molar-refractivity contribution >= 4 is 22.7 Å². The molecule has 0 unspecified atom stereocenters. The maximum absolute atomic E-state index is 5.87. The summed E-state index contributed by atoms with van der Waals surface area (Å²) in [6.45, 7) is 0. The molecule has 2 aromatic heterocycles. The maximum atomic E-state index is 5.87. The molecular weight excluding hydrogens is 304 g/mol. The quantitative estimate of drug-likeness (QED) is 0.566. The van der Waals surface area contributed by atoms with E-state index in [0.29, 0.717) is 28.4 Å². The van der Waals surface area contributed by atoms with Gasteiger partial charge in [0.25, 0.3) is 0 Å². The number of nitrogens with zero attached hydrogens (tertiary/aromatic N) is 2. The third-order valence-electron chi connectivity index (χ3n) is 3.27. The third-order valence-corrected chi connectivity index (χ3v) is 3.27. The Morgan fingerprint density at radius 2 is 1.46 bits per heavy atom. The molecule has 0 fully saturated rings. The van der Waals surface area contributed by atoms with Crippen molar-refractivity contribution in [3.8, 4) is 17.0 Å². The molecule has 0 bridgehead atoms. The first-order valence-corrected chi connectivity index (χ1v) is 7.12. The van der Waals surface area contributed by atoms with Gasteiger partial charge in [0.05, 0.1) is 41.8 Å². The van der Waals surface area contributed by atoms with Gasteiger partial charge in [0, 0.05) is 18.0 Å². The molecule has 0 spiro atoms. The van der Waals surface area contributed by atoms with Crippen molar-refractivity contribution in [2.75, 3.05) is 30.0 Å². The highest BCUT2D eigenvalue weighted by molar-refractivity contribution is 5.81. The van der Waals surface area contributed by atoms with E-state index in [1.54, 1.807) is 31.6 Å². The number of nitrogen functional groups attached to an aromatic ring is 4. The van der Waals surface area contributed by atoms with Crippen LogP contribution in [-0.4, -0.2) is 17.1 Å². The van der Waals surface area contributed by atoms with Crippen LogP contribution in [0.5, 0.6) is 5.75 Å². The molecule has 7 heteroatoms. The minimum atomic E-state index is 0.507. The van der Waals surface area contributed by atoms with E-state index >= 15 is 0 Å². The first kappa shape index (κ1) is 16.9. The zero-order valence-electron chi connectivity index (χ0n) is 13.3. The molecule has 0 aliphatic rings. The minimum absolute atomic E-state index is 0.507. The maximum Gasteiger partial charge on any atom is 0.118 e. The Hall–Kier alpha value is -3.48. The first-order valence-electron chi connectivity index (χ1n) is 7.12. The number of pyridine rings is 2. The van der Waals surface area contributed by atoms with Crippen LogP contribution in [0.15, 0.2) is 55.0 Å². The van der Waals surface area contributed by atoms with Crippen LogP contribution in [-0.2, 0) is 0 Å². The fourth-order valence-corrected chi connectivity index (χ4v) is 1.88. The van der Waals surface area contributed by atoms with Crippen molar-refractivity contribution in [2.24, 2.45) is 0 Å². The zero-order chi connectivity index (χ0) is 17.5. The largest absolute Gasteiger partial charge is 0.497 e. The number of anilines is 4. The summed E-state index contributed by atoms with van der Waals surface area (Å²) in [5.41, 5.74) is 26.1. The number of benzene rings is 1. The standard InChI is InChI=1S/C12H13N3O.C5H7N3/c1-16-9-4-2-8(3-5-9)12-11(14)10(13)6-7-15-12;6-4-1-2-8-3-5(4)7/h2-7H,14H2,1H3,(H2,13,15);1-3H,7H2,(H2,6,8). The molecular formula is C17H20N6O. The van der Waals surface area contributed by atoms with Gasteiger partial charge in [-0.25, -0.2) is 0 Å². The molecule has 0 radical (unpaired) electrons. The monoisotopic (exact) mass is 324 g/mol. The van der Waals surface area contributed by atoms with Crippen molar-refractivity contribution < 1.29 is 4.74 Å². The smallest absolute Gasteiger partial charge is 0.118 e. The Bertz CT molecular complexity index is 783. The summed E-state index contributed by atoms with van der Waals surface area (Å²) < 4.78 is 5.08. The van der Waals surface area contributed by atoms with Gasteiger partial charge in [0.15, 0.2) is 0 Å². The van der Waals surface area contributed by atoms with Gasteiger partial charge >= 0.3 is 0 Å². The average Bonchev–Trinajstić information content (AvgIpc) is 2.61. The molecule has 0 saturated heterocycles. The van der Waals surface area contributed by atoms with Crippen LogP contribution in [0.25, 0.3) is 11.3 Å². The van der Waals surface area contributed by atoms with Gasteiger partial charge in [0.1, 0.15) is 5.75 Å². The second-order valence-corrected chi connectivity index (χ2v) is 4.90. The topological polar surface area (TPSA) is 139 Å². The molecule has 0 aliphatic heterocycles. The summed E-state index contributed by atoms with van der Waals surface area (Å²) in [7, 11) is 1.63. The number of nitrogens with two attached hydrogens (primary N) is 4. The van der Waals surface area contributed by atoms with Gasteiger partial charge in [-0.2, -0.15) is 0 Å². The second kappa shape index (κ2) is 7.68. The number of rotatable bonds is 2. The first-order chi connectivity index (χ1) is 11.5. The number of hydrogen-bond donors (Lipinski definition) is 4. The van der Waals surface area contributed by atoms with Gasteiger partial charge in [-0.05, 0) is 36.4 Å².